The van der Waals surface area contributed by atoms with Crippen molar-refractivity contribution in [1.82, 2.24) is 20.2 Å². The smallest absolute Gasteiger partial charge is 0.160 e. The van der Waals surface area contributed by atoms with Crippen LogP contribution in [0.25, 0.3) is 11.0 Å². The maximum absolute atomic E-state index is 4.49. The maximum atomic E-state index is 4.49. The molecule has 5 heteroatoms. The molecule has 0 bridgehead atoms. The van der Waals surface area contributed by atoms with E-state index in [-0.39, 0.29) is 0 Å². The van der Waals surface area contributed by atoms with Gasteiger partial charge in [-0.1, -0.05) is 30.3 Å². The molecule has 5 nitrogen and oxygen atoms in total. The van der Waals surface area contributed by atoms with Crippen LogP contribution in [-0.2, 0) is 0 Å². The highest BCUT2D eigenvalue weighted by Gasteiger charge is 2.28. The Morgan fingerprint density at radius 1 is 1.15 bits per heavy atom. The summed E-state index contributed by atoms with van der Waals surface area (Å²) in [6.45, 7) is 1.02. The van der Waals surface area contributed by atoms with Gasteiger partial charge in [-0.05, 0) is 18.4 Å². The summed E-state index contributed by atoms with van der Waals surface area (Å²) in [4.78, 5) is 11.1. The quantitative estimate of drug-likeness (QED) is 0.774. The molecule has 20 heavy (non-hydrogen) atoms. The summed E-state index contributed by atoms with van der Waals surface area (Å²) < 4.78 is 0. The molecule has 1 fully saturated rings. The van der Waals surface area contributed by atoms with Crippen LogP contribution in [0.3, 0.4) is 0 Å². The second-order valence-corrected chi connectivity index (χ2v) is 5.09. The molecule has 0 amide bonds. The van der Waals surface area contributed by atoms with Gasteiger partial charge in [0.05, 0.1) is 17.6 Å². The van der Waals surface area contributed by atoms with E-state index in [1.54, 1.807) is 6.33 Å². The van der Waals surface area contributed by atoms with Crippen LogP contribution < -0.4 is 4.90 Å². The van der Waals surface area contributed by atoms with Crippen LogP contribution in [0.2, 0.25) is 0 Å². The van der Waals surface area contributed by atoms with Crippen molar-refractivity contribution < 1.29 is 0 Å². The Morgan fingerprint density at radius 3 is 2.95 bits per heavy atom. The molecule has 3 aromatic rings. The van der Waals surface area contributed by atoms with Crippen LogP contribution in [0, 0.1) is 0 Å². The highest BCUT2D eigenvalue weighted by molar-refractivity contribution is 5.86. The van der Waals surface area contributed by atoms with Crippen LogP contribution in [0.1, 0.15) is 24.4 Å². The van der Waals surface area contributed by atoms with Crippen molar-refractivity contribution in [2.24, 2.45) is 0 Å². The fourth-order valence-electron chi connectivity index (χ4n) is 3.02. The lowest BCUT2D eigenvalue weighted by molar-refractivity contribution is 0.713. The first-order chi connectivity index (χ1) is 9.93. The van der Waals surface area contributed by atoms with E-state index in [1.807, 2.05) is 6.20 Å². The standard InChI is InChI=1S/C15H15N5/c1-2-5-11(6-3-1)13-7-4-8-20(13)15-12-9-18-19-14(12)16-10-17-15/h1-3,5-6,9-10,13H,4,7-8H2,(H,16,17,18,19). The second-order valence-electron chi connectivity index (χ2n) is 5.09. The molecule has 100 valence electrons. The monoisotopic (exact) mass is 265 g/mol. The van der Waals surface area contributed by atoms with Gasteiger partial charge in [0, 0.05) is 6.54 Å². The number of rotatable bonds is 2. The Labute approximate surface area is 116 Å². The van der Waals surface area contributed by atoms with Gasteiger partial charge in [0.1, 0.15) is 12.1 Å². The Hall–Kier alpha value is -2.43. The van der Waals surface area contributed by atoms with E-state index in [0.717, 1.165) is 29.8 Å². The summed E-state index contributed by atoms with van der Waals surface area (Å²) in [6.07, 6.45) is 5.76. The summed E-state index contributed by atoms with van der Waals surface area (Å²) in [5.41, 5.74) is 2.15. The molecule has 0 spiro atoms. The molecule has 1 aliphatic rings. The maximum Gasteiger partial charge on any atom is 0.160 e. The van der Waals surface area contributed by atoms with Gasteiger partial charge in [0.15, 0.2) is 5.65 Å². The number of hydrogen-bond donors (Lipinski definition) is 1. The predicted molar refractivity (Wildman–Crippen MR) is 77.4 cm³/mol. The zero-order chi connectivity index (χ0) is 13.4. The third-order valence-electron chi connectivity index (χ3n) is 3.94. The van der Waals surface area contributed by atoms with E-state index in [2.05, 4.69) is 55.4 Å². The number of benzene rings is 1. The molecule has 1 atom stereocenters. The average Bonchev–Trinajstić information content (AvgIpc) is 3.16. The van der Waals surface area contributed by atoms with Gasteiger partial charge in [-0.25, -0.2) is 9.97 Å². The summed E-state index contributed by atoms with van der Waals surface area (Å²) >= 11 is 0. The highest BCUT2D eigenvalue weighted by atomic mass is 15.3. The van der Waals surface area contributed by atoms with Gasteiger partial charge in [-0.15, -0.1) is 0 Å². The van der Waals surface area contributed by atoms with Crippen LogP contribution >= 0.6 is 0 Å². The summed E-state index contributed by atoms with van der Waals surface area (Å²) in [5, 5.41) is 7.98. The van der Waals surface area contributed by atoms with E-state index in [9.17, 15) is 0 Å². The van der Waals surface area contributed by atoms with Gasteiger partial charge in [-0.2, -0.15) is 5.10 Å². The van der Waals surface area contributed by atoms with Gasteiger partial charge >= 0.3 is 0 Å². The molecular weight excluding hydrogens is 250 g/mol. The molecule has 0 saturated carbocycles. The number of nitrogens with zero attached hydrogens (tertiary/aromatic N) is 4. The molecule has 4 rings (SSSR count). The van der Waals surface area contributed by atoms with Crippen molar-refractivity contribution in [1.29, 1.82) is 0 Å². The third-order valence-corrected chi connectivity index (χ3v) is 3.94. The molecule has 1 aliphatic heterocycles. The van der Waals surface area contributed by atoms with E-state index >= 15 is 0 Å². The van der Waals surface area contributed by atoms with Gasteiger partial charge in [-0.3, -0.25) is 5.10 Å². The number of nitrogens with one attached hydrogen (secondary N) is 1. The van der Waals surface area contributed by atoms with E-state index in [1.165, 1.54) is 12.0 Å². The summed E-state index contributed by atoms with van der Waals surface area (Å²) in [6, 6.07) is 11.0. The molecule has 0 aliphatic carbocycles. The number of H-pyrrole nitrogens is 1. The normalized spacial score (nSPS) is 18.8. The van der Waals surface area contributed by atoms with Crippen LogP contribution in [0.5, 0.6) is 0 Å². The largest absolute Gasteiger partial charge is 0.349 e. The zero-order valence-electron chi connectivity index (χ0n) is 11.0. The third kappa shape index (κ3) is 1.74. The summed E-state index contributed by atoms with van der Waals surface area (Å²) in [7, 11) is 0. The summed E-state index contributed by atoms with van der Waals surface area (Å²) in [5.74, 6) is 0.982. The molecule has 0 radical (unpaired) electrons. The predicted octanol–water partition coefficient (Wildman–Crippen LogP) is 2.69. The number of fused-ring (bicyclic) bond motifs is 1. The molecule has 1 unspecified atom stereocenters. The van der Waals surface area contributed by atoms with Gasteiger partial charge in [0.2, 0.25) is 0 Å². The first-order valence-electron chi connectivity index (χ1n) is 6.89. The first-order valence-corrected chi connectivity index (χ1v) is 6.89. The fourth-order valence-corrected chi connectivity index (χ4v) is 3.02. The van der Waals surface area contributed by atoms with Crippen molar-refractivity contribution in [3.8, 4) is 0 Å². The Balaban J connectivity index is 1.79. The SMILES string of the molecule is c1ccc(C2CCCN2c2ncnc3[nH]ncc23)cc1. The van der Waals surface area contributed by atoms with Crippen molar-refractivity contribution in [2.75, 3.05) is 11.4 Å². The number of anilines is 1. The van der Waals surface area contributed by atoms with E-state index in [0.29, 0.717) is 6.04 Å². The van der Waals surface area contributed by atoms with Crippen LogP contribution in [0.15, 0.2) is 42.9 Å². The van der Waals surface area contributed by atoms with Crippen LogP contribution in [0.4, 0.5) is 5.82 Å². The lowest BCUT2D eigenvalue weighted by Crippen LogP contribution is -2.23. The minimum Gasteiger partial charge on any atom is -0.349 e. The minimum absolute atomic E-state index is 0.393. The highest BCUT2D eigenvalue weighted by Crippen LogP contribution is 2.37. The van der Waals surface area contributed by atoms with E-state index < -0.39 is 0 Å². The molecule has 1 saturated heterocycles. The second kappa shape index (κ2) is 4.59. The average molecular weight is 265 g/mol. The Morgan fingerprint density at radius 2 is 2.05 bits per heavy atom. The molecular formula is C15H15N5. The van der Waals surface area contributed by atoms with Crippen molar-refractivity contribution in [2.45, 2.75) is 18.9 Å². The van der Waals surface area contributed by atoms with Crippen molar-refractivity contribution >= 4 is 16.9 Å². The molecule has 1 N–H and O–H groups in total. The van der Waals surface area contributed by atoms with Gasteiger partial charge < -0.3 is 4.90 Å². The molecule has 1 aromatic carbocycles. The van der Waals surface area contributed by atoms with E-state index in [4.69, 9.17) is 0 Å². The number of aromatic amines is 1. The van der Waals surface area contributed by atoms with Crippen molar-refractivity contribution in [3.05, 3.63) is 48.4 Å². The first kappa shape index (κ1) is 11.4. The zero-order valence-corrected chi connectivity index (χ0v) is 11.0. The Kier molecular flexibility index (Phi) is 2.62. The molecule has 3 heterocycles. The minimum atomic E-state index is 0.393. The van der Waals surface area contributed by atoms with Crippen LogP contribution in [-0.4, -0.2) is 26.7 Å². The van der Waals surface area contributed by atoms with Gasteiger partial charge in [0.25, 0.3) is 0 Å². The Bertz CT molecular complexity index is 721. The topological polar surface area (TPSA) is 57.7 Å². The number of aromatic nitrogens is 4. The fraction of sp³-hybridized carbons (Fsp3) is 0.267. The number of hydrogen-bond acceptors (Lipinski definition) is 4. The lowest BCUT2D eigenvalue weighted by atomic mass is 10.0. The lowest BCUT2D eigenvalue weighted by Gasteiger charge is -2.26. The molecule has 2 aromatic heterocycles. The van der Waals surface area contributed by atoms with Crippen molar-refractivity contribution in [3.63, 3.8) is 0 Å².